The fraction of sp³-hybridized carbons (Fsp3) is 0.933. The summed E-state index contributed by atoms with van der Waals surface area (Å²) in [5.41, 5.74) is 0. The number of rotatable bonds is 10. The van der Waals surface area contributed by atoms with Crippen molar-refractivity contribution in [3.8, 4) is 0 Å². The number of nitrogens with one attached hydrogen (secondary N) is 2. The smallest absolute Gasteiger partial charge is 0.191 e. The number of likely N-dealkylation sites (N-methyl/N-ethyl adjacent to an activating group) is 1. The first-order chi connectivity index (χ1) is 9.31. The molecule has 1 aliphatic rings. The maximum Gasteiger partial charge on any atom is 0.191 e. The minimum atomic E-state index is 0. The van der Waals surface area contributed by atoms with Crippen molar-refractivity contribution in [2.45, 2.75) is 58.9 Å². The lowest BCUT2D eigenvalue weighted by atomic mass is 10.2. The average molecular weight is 396 g/mol. The minimum absolute atomic E-state index is 0. The van der Waals surface area contributed by atoms with Crippen LogP contribution in [-0.2, 0) is 0 Å². The molecular formula is C15H33IN4. The summed E-state index contributed by atoms with van der Waals surface area (Å²) in [4.78, 5) is 7.17. The highest BCUT2D eigenvalue weighted by Crippen LogP contribution is 2.25. The molecule has 20 heavy (non-hydrogen) atoms. The van der Waals surface area contributed by atoms with Gasteiger partial charge in [-0.2, -0.15) is 0 Å². The maximum atomic E-state index is 4.61. The van der Waals surface area contributed by atoms with Gasteiger partial charge >= 0.3 is 0 Å². The zero-order chi connectivity index (χ0) is 13.9. The Bertz CT molecular complexity index is 254. The number of nitrogens with zero attached hydrogens (tertiary/aromatic N) is 2. The standard InChI is InChI=1S/C15H32N4.HI/c1-4-7-8-11-17-15(16-5-2)18-12-13-19(6-3)14-9-10-14;/h14H,4-13H2,1-3H3,(H2,16,17,18);1H. The van der Waals surface area contributed by atoms with Crippen LogP contribution in [0.1, 0.15) is 52.9 Å². The van der Waals surface area contributed by atoms with Crippen LogP contribution in [0.3, 0.4) is 0 Å². The first kappa shape index (κ1) is 20.0. The predicted molar refractivity (Wildman–Crippen MR) is 99.2 cm³/mol. The Morgan fingerprint density at radius 2 is 1.90 bits per heavy atom. The Hall–Kier alpha value is -0.0400. The number of hydrogen-bond donors (Lipinski definition) is 2. The summed E-state index contributed by atoms with van der Waals surface area (Å²) in [6.45, 7) is 11.7. The second-order valence-electron chi connectivity index (χ2n) is 5.25. The average Bonchev–Trinajstić information content (AvgIpc) is 3.24. The molecule has 0 unspecified atom stereocenters. The lowest BCUT2D eigenvalue weighted by molar-refractivity contribution is 0.282. The highest BCUT2D eigenvalue weighted by atomic mass is 127. The number of unbranched alkanes of at least 4 members (excludes halogenated alkanes) is 2. The van der Waals surface area contributed by atoms with Crippen molar-refractivity contribution in [3.63, 3.8) is 0 Å². The molecule has 0 bridgehead atoms. The Kier molecular flexibility index (Phi) is 12.7. The summed E-state index contributed by atoms with van der Waals surface area (Å²) in [7, 11) is 0. The molecule has 1 saturated carbocycles. The van der Waals surface area contributed by atoms with E-state index in [4.69, 9.17) is 0 Å². The van der Waals surface area contributed by atoms with Crippen molar-refractivity contribution in [3.05, 3.63) is 0 Å². The molecule has 1 rings (SSSR count). The highest BCUT2D eigenvalue weighted by molar-refractivity contribution is 14.0. The van der Waals surface area contributed by atoms with E-state index in [1.807, 2.05) is 0 Å². The molecule has 0 heterocycles. The van der Waals surface area contributed by atoms with Crippen LogP contribution in [0.15, 0.2) is 4.99 Å². The van der Waals surface area contributed by atoms with Crippen LogP contribution in [0.25, 0.3) is 0 Å². The zero-order valence-corrected chi connectivity index (χ0v) is 15.8. The molecule has 0 aromatic rings. The molecule has 0 spiro atoms. The molecule has 0 aromatic carbocycles. The fourth-order valence-electron chi connectivity index (χ4n) is 2.25. The second-order valence-corrected chi connectivity index (χ2v) is 5.25. The molecule has 2 N–H and O–H groups in total. The molecule has 0 radical (unpaired) electrons. The summed E-state index contributed by atoms with van der Waals surface area (Å²) >= 11 is 0. The molecule has 5 heteroatoms. The quantitative estimate of drug-likeness (QED) is 0.258. The number of halogens is 1. The predicted octanol–water partition coefficient (Wildman–Crippen LogP) is 2.83. The minimum Gasteiger partial charge on any atom is -0.357 e. The molecule has 0 atom stereocenters. The first-order valence-corrected chi connectivity index (χ1v) is 8.08. The third kappa shape index (κ3) is 9.00. The van der Waals surface area contributed by atoms with E-state index < -0.39 is 0 Å². The molecule has 0 aromatic heterocycles. The fourth-order valence-corrected chi connectivity index (χ4v) is 2.25. The van der Waals surface area contributed by atoms with Gasteiger partial charge in [0.1, 0.15) is 0 Å². The Morgan fingerprint density at radius 1 is 1.15 bits per heavy atom. The van der Waals surface area contributed by atoms with Crippen LogP contribution in [-0.4, -0.2) is 49.6 Å². The molecule has 0 saturated heterocycles. The van der Waals surface area contributed by atoms with E-state index in [1.165, 1.54) is 32.1 Å². The number of hydrogen-bond acceptors (Lipinski definition) is 2. The van der Waals surface area contributed by atoms with E-state index in [1.54, 1.807) is 0 Å². The van der Waals surface area contributed by atoms with Crippen molar-refractivity contribution in [2.75, 3.05) is 32.7 Å². The molecule has 4 nitrogen and oxygen atoms in total. The van der Waals surface area contributed by atoms with Gasteiger partial charge in [0.05, 0.1) is 0 Å². The molecule has 0 aliphatic heterocycles. The largest absolute Gasteiger partial charge is 0.357 e. The van der Waals surface area contributed by atoms with E-state index in [0.29, 0.717) is 0 Å². The van der Waals surface area contributed by atoms with Gasteiger partial charge in [0, 0.05) is 32.2 Å². The van der Waals surface area contributed by atoms with E-state index in [2.05, 4.69) is 41.3 Å². The molecule has 0 amide bonds. The van der Waals surface area contributed by atoms with Crippen LogP contribution in [0.2, 0.25) is 0 Å². The van der Waals surface area contributed by atoms with Crippen LogP contribution >= 0.6 is 24.0 Å². The summed E-state index contributed by atoms with van der Waals surface area (Å²) in [6, 6.07) is 0.857. The third-order valence-corrected chi connectivity index (χ3v) is 3.54. The Balaban J connectivity index is 0.00000361. The Labute approximate surface area is 142 Å². The van der Waals surface area contributed by atoms with Gasteiger partial charge in [-0.1, -0.05) is 26.7 Å². The van der Waals surface area contributed by atoms with Crippen molar-refractivity contribution in [1.29, 1.82) is 0 Å². The van der Waals surface area contributed by atoms with Gasteiger partial charge in [-0.25, -0.2) is 0 Å². The van der Waals surface area contributed by atoms with E-state index >= 15 is 0 Å². The summed E-state index contributed by atoms with van der Waals surface area (Å²) in [6.07, 6.45) is 6.49. The third-order valence-electron chi connectivity index (χ3n) is 3.54. The Morgan fingerprint density at radius 3 is 2.45 bits per heavy atom. The lowest BCUT2D eigenvalue weighted by Gasteiger charge is -2.20. The zero-order valence-electron chi connectivity index (χ0n) is 13.5. The SMILES string of the molecule is CCCCCN=C(NCC)NCCN(CC)C1CC1.I. The van der Waals surface area contributed by atoms with Crippen LogP contribution in [0.4, 0.5) is 0 Å². The van der Waals surface area contributed by atoms with Crippen LogP contribution in [0, 0.1) is 0 Å². The normalized spacial score (nSPS) is 15.1. The van der Waals surface area contributed by atoms with Crippen molar-refractivity contribution < 1.29 is 0 Å². The van der Waals surface area contributed by atoms with E-state index in [0.717, 1.165) is 44.7 Å². The summed E-state index contributed by atoms with van der Waals surface area (Å²) in [5, 5.41) is 6.76. The van der Waals surface area contributed by atoms with Gasteiger partial charge in [-0.3, -0.25) is 9.89 Å². The van der Waals surface area contributed by atoms with Crippen molar-refractivity contribution >= 4 is 29.9 Å². The lowest BCUT2D eigenvalue weighted by Crippen LogP contribution is -2.42. The van der Waals surface area contributed by atoms with Gasteiger partial charge in [-0.15, -0.1) is 24.0 Å². The first-order valence-electron chi connectivity index (χ1n) is 8.08. The summed E-state index contributed by atoms with van der Waals surface area (Å²) < 4.78 is 0. The van der Waals surface area contributed by atoms with E-state index in [9.17, 15) is 0 Å². The molecular weight excluding hydrogens is 363 g/mol. The molecule has 1 aliphatic carbocycles. The number of aliphatic imine (C=N–C) groups is 1. The second kappa shape index (κ2) is 12.7. The highest BCUT2D eigenvalue weighted by Gasteiger charge is 2.27. The van der Waals surface area contributed by atoms with E-state index in [-0.39, 0.29) is 24.0 Å². The van der Waals surface area contributed by atoms with Gasteiger partial charge in [0.25, 0.3) is 0 Å². The van der Waals surface area contributed by atoms with Gasteiger partial charge < -0.3 is 10.6 Å². The molecule has 120 valence electrons. The number of guanidine groups is 1. The maximum absolute atomic E-state index is 4.61. The monoisotopic (exact) mass is 396 g/mol. The molecule has 1 fully saturated rings. The topological polar surface area (TPSA) is 39.7 Å². The van der Waals surface area contributed by atoms with Crippen molar-refractivity contribution in [2.24, 2.45) is 4.99 Å². The van der Waals surface area contributed by atoms with Crippen LogP contribution < -0.4 is 10.6 Å². The van der Waals surface area contributed by atoms with Gasteiger partial charge in [0.15, 0.2) is 5.96 Å². The van der Waals surface area contributed by atoms with Gasteiger partial charge in [-0.05, 0) is 32.7 Å². The van der Waals surface area contributed by atoms with Crippen LogP contribution in [0.5, 0.6) is 0 Å². The summed E-state index contributed by atoms with van der Waals surface area (Å²) in [5.74, 6) is 0.977. The van der Waals surface area contributed by atoms with Gasteiger partial charge in [0.2, 0.25) is 0 Å². The van der Waals surface area contributed by atoms with Crippen molar-refractivity contribution in [1.82, 2.24) is 15.5 Å².